The fraction of sp³-hybridized carbons (Fsp3) is 0.667. The first-order valence-corrected chi connectivity index (χ1v) is 6.28. The van der Waals surface area contributed by atoms with Crippen LogP contribution in [-0.4, -0.2) is 22.1 Å². The Morgan fingerprint density at radius 2 is 2.06 bits per heavy atom. The second kappa shape index (κ2) is 6.69. The minimum atomic E-state index is 0.150. The summed E-state index contributed by atoms with van der Waals surface area (Å²) in [6, 6.07) is 1.98. The summed E-state index contributed by atoms with van der Waals surface area (Å²) in [5, 5.41) is 11.3. The lowest BCUT2D eigenvalue weighted by atomic mass is 9.99. The normalized spacial score (nSPS) is 12.8. The summed E-state index contributed by atoms with van der Waals surface area (Å²) in [6.45, 7) is 7.09. The zero-order valence-electron chi connectivity index (χ0n) is 10.2. The highest BCUT2D eigenvalue weighted by Gasteiger charge is 2.15. The molecule has 0 amide bonds. The molecule has 1 rings (SSSR count). The van der Waals surface area contributed by atoms with Crippen molar-refractivity contribution in [2.24, 2.45) is 5.92 Å². The number of nitrogens with one attached hydrogen (secondary N) is 1. The van der Waals surface area contributed by atoms with Crippen LogP contribution in [0.5, 0.6) is 0 Å². The maximum Gasteiger partial charge on any atom is 0.148 e. The predicted molar refractivity (Wildman–Crippen MR) is 69.0 cm³/mol. The van der Waals surface area contributed by atoms with Gasteiger partial charge in [-0.2, -0.15) is 5.10 Å². The van der Waals surface area contributed by atoms with E-state index in [4.69, 9.17) is 11.6 Å². The fourth-order valence-electron chi connectivity index (χ4n) is 1.72. The molecule has 0 radical (unpaired) electrons. The van der Waals surface area contributed by atoms with Crippen LogP contribution < -0.4 is 5.32 Å². The van der Waals surface area contributed by atoms with E-state index in [1.54, 1.807) is 6.20 Å². The summed E-state index contributed by atoms with van der Waals surface area (Å²) in [4.78, 5) is 0. The Hall–Kier alpha value is -0.830. The highest BCUT2D eigenvalue weighted by Crippen LogP contribution is 2.18. The monoisotopic (exact) mass is 241 g/mol. The first-order chi connectivity index (χ1) is 7.67. The van der Waals surface area contributed by atoms with Gasteiger partial charge in [0.2, 0.25) is 0 Å². The van der Waals surface area contributed by atoms with Crippen molar-refractivity contribution < 1.29 is 0 Å². The summed E-state index contributed by atoms with van der Waals surface area (Å²) >= 11 is 6.33. The third kappa shape index (κ3) is 3.97. The summed E-state index contributed by atoms with van der Waals surface area (Å²) in [6.07, 6.45) is 3.97. The molecule has 0 aliphatic rings. The van der Waals surface area contributed by atoms with Gasteiger partial charge in [-0.3, -0.25) is 0 Å². The summed E-state index contributed by atoms with van der Waals surface area (Å²) < 4.78 is 0. The fourth-order valence-corrected chi connectivity index (χ4v) is 2.15. The van der Waals surface area contributed by atoms with Crippen LogP contribution in [0.1, 0.15) is 32.3 Å². The molecule has 0 spiro atoms. The van der Waals surface area contributed by atoms with Crippen LogP contribution in [-0.2, 0) is 0 Å². The number of alkyl halides is 1. The van der Waals surface area contributed by atoms with Crippen molar-refractivity contribution in [3.63, 3.8) is 0 Å². The molecule has 0 saturated heterocycles. The molecule has 4 heteroatoms. The molecule has 16 heavy (non-hydrogen) atoms. The van der Waals surface area contributed by atoms with Crippen molar-refractivity contribution in [2.75, 3.05) is 11.9 Å². The maximum atomic E-state index is 6.33. The van der Waals surface area contributed by atoms with Crippen molar-refractivity contribution in [2.45, 2.75) is 39.0 Å². The van der Waals surface area contributed by atoms with Crippen LogP contribution >= 0.6 is 11.6 Å². The molecule has 1 atom stereocenters. The van der Waals surface area contributed by atoms with Gasteiger partial charge in [0.25, 0.3) is 0 Å². The van der Waals surface area contributed by atoms with E-state index in [1.807, 2.05) is 13.0 Å². The quantitative estimate of drug-likeness (QED) is 0.777. The Morgan fingerprint density at radius 1 is 1.38 bits per heavy atom. The number of hydrogen-bond acceptors (Lipinski definition) is 3. The van der Waals surface area contributed by atoms with E-state index < -0.39 is 0 Å². The second-order valence-corrected chi connectivity index (χ2v) is 4.65. The Morgan fingerprint density at radius 3 is 2.62 bits per heavy atom. The highest BCUT2D eigenvalue weighted by molar-refractivity contribution is 6.21. The van der Waals surface area contributed by atoms with Gasteiger partial charge in [0, 0.05) is 6.54 Å². The van der Waals surface area contributed by atoms with Crippen LogP contribution in [0.25, 0.3) is 0 Å². The Balaban J connectivity index is 2.45. The van der Waals surface area contributed by atoms with Crippen LogP contribution in [0.4, 0.5) is 5.82 Å². The van der Waals surface area contributed by atoms with Gasteiger partial charge >= 0.3 is 0 Å². The van der Waals surface area contributed by atoms with Crippen molar-refractivity contribution in [1.82, 2.24) is 10.2 Å². The van der Waals surface area contributed by atoms with Crippen LogP contribution in [0.15, 0.2) is 12.3 Å². The Bertz CT molecular complexity index is 313. The second-order valence-electron chi connectivity index (χ2n) is 4.09. The van der Waals surface area contributed by atoms with Crippen LogP contribution in [0.3, 0.4) is 0 Å². The standard InChI is InChI=1S/C12H20ClN3/c1-4-10(5-2)11(13)8-14-12-6-9(3)7-15-16-12/h6-7,10-11H,4-5,8H2,1-3H3,(H,14,16). The van der Waals surface area contributed by atoms with E-state index in [0.29, 0.717) is 5.92 Å². The van der Waals surface area contributed by atoms with Gasteiger partial charge in [0.15, 0.2) is 0 Å². The molecule has 1 N–H and O–H groups in total. The number of anilines is 1. The van der Waals surface area contributed by atoms with Crippen LogP contribution in [0.2, 0.25) is 0 Å². The molecule has 0 aliphatic carbocycles. The molecule has 90 valence electrons. The van der Waals surface area contributed by atoms with Gasteiger partial charge in [-0.1, -0.05) is 26.7 Å². The molecule has 0 fully saturated rings. The van der Waals surface area contributed by atoms with E-state index in [0.717, 1.165) is 30.8 Å². The number of nitrogens with zero attached hydrogens (tertiary/aromatic N) is 2. The summed E-state index contributed by atoms with van der Waals surface area (Å²) in [5.41, 5.74) is 1.10. The molecule has 0 aliphatic heterocycles. The zero-order chi connectivity index (χ0) is 12.0. The van der Waals surface area contributed by atoms with E-state index >= 15 is 0 Å². The third-order valence-corrected chi connectivity index (χ3v) is 3.34. The average molecular weight is 242 g/mol. The van der Waals surface area contributed by atoms with Crippen molar-refractivity contribution in [3.05, 3.63) is 17.8 Å². The number of halogens is 1. The Kier molecular flexibility index (Phi) is 5.53. The van der Waals surface area contributed by atoms with Crippen molar-refractivity contribution in [3.8, 4) is 0 Å². The molecule has 1 aromatic heterocycles. The topological polar surface area (TPSA) is 37.8 Å². The first kappa shape index (κ1) is 13.2. The molecular weight excluding hydrogens is 222 g/mol. The number of aryl methyl sites for hydroxylation is 1. The third-order valence-electron chi connectivity index (χ3n) is 2.83. The van der Waals surface area contributed by atoms with Gasteiger partial charge in [0.05, 0.1) is 11.6 Å². The van der Waals surface area contributed by atoms with Crippen LogP contribution in [0, 0.1) is 12.8 Å². The number of aromatic nitrogens is 2. The molecular formula is C12H20ClN3. The zero-order valence-corrected chi connectivity index (χ0v) is 11.0. The smallest absolute Gasteiger partial charge is 0.148 e. The lowest BCUT2D eigenvalue weighted by Crippen LogP contribution is -2.23. The van der Waals surface area contributed by atoms with Gasteiger partial charge in [0.1, 0.15) is 5.82 Å². The van der Waals surface area contributed by atoms with E-state index in [9.17, 15) is 0 Å². The van der Waals surface area contributed by atoms with E-state index in [1.165, 1.54) is 0 Å². The SMILES string of the molecule is CCC(CC)C(Cl)CNc1cc(C)cnn1. The minimum absolute atomic E-state index is 0.150. The van der Waals surface area contributed by atoms with Gasteiger partial charge in [-0.25, -0.2) is 0 Å². The van der Waals surface area contributed by atoms with Crippen molar-refractivity contribution in [1.29, 1.82) is 0 Å². The minimum Gasteiger partial charge on any atom is -0.367 e. The number of hydrogen-bond donors (Lipinski definition) is 1. The van der Waals surface area contributed by atoms with Gasteiger partial charge in [-0.15, -0.1) is 16.7 Å². The summed E-state index contributed by atoms with van der Waals surface area (Å²) in [7, 11) is 0. The summed E-state index contributed by atoms with van der Waals surface area (Å²) in [5.74, 6) is 1.36. The van der Waals surface area contributed by atoms with Gasteiger partial charge in [-0.05, 0) is 24.5 Å². The average Bonchev–Trinajstić information content (AvgIpc) is 2.28. The van der Waals surface area contributed by atoms with E-state index in [-0.39, 0.29) is 5.38 Å². The molecule has 1 heterocycles. The highest BCUT2D eigenvalue weighted by atomic mass is 35.5. The van der Waals surface area contributed by atoms with Crippen molar-refractivity contribution >= 4 is 17.4 Å². The van der Waals surface area contributed by atoms with Gasteiger partial charge < -0.3 is 5.32 Å². The molecule has 0 bridgehead atoms. The predicted octanol–water partition coefficient (Wildman–Crippen LogP) is 3.24. The van der Waals surface area contributed by atoms with E-state index in [2.05, 4.69) is 29.4 Å². The first-order valence-electron chi connectivity index (χ1n) is 5.84. The lowest BCUT2D eigenvalue weighted by molar-refractivity contribution is 0.475. The molecule has 0 aromatic carbocycles. The number of rotatable bonds is 6. The molecule has 0 saturated carbocycles. The maximum absolute atomic E-state index is 6.33. The molecule has 1 unspecified atom stereocenters. The molecule has 1 aromatic rings. The molecule has 3 nitrogen and oxygen atoms in total. The Labute approximate surface area is 103 Å². The lowest BCUT2D eigenvalue weighted by Gasteiger charge is -2.19. The largest absolute Gasteiger partial charge is 0.367 e.